The van der Waals surface area contributed by atoms with Crippen LogP contribution in [-0.2, 0) is 11.2 Å². The molecule has 1 N–H and O–H groups in total. The maximum atomic E-state index is 12.4. The average molecular weight is 335 g/mol. The van der Waals surface area contributed by atoms with Crippen LogP contribution < -0.4 is 5.32 Å². The molecule has 2 rings (SSSR count). The molecule has 1 aromatic heterocycles. The molecule has 1 heterocycles. The second-order valence-corrected chi connectivity index (χ2v) is 8.70. The second kappa shape index (κ2) is 7.73. The van der Waals surface area contributed by atoms with E-state index in [1.165, 1.54) is 6.42 Å². The van der Waals surface area contributed by atoms with E-state index in [2.05, 4.69) is 58.1 Å². The minimum atomic E-state index is 0.0611. The van der Waals surface area contributed by atoms with Crippen LogP contribution in [0.4, 0.5) is 0 Å². The predicted molar refractivity (Wildman–Crippen MR) is 98.1 cm³/mol. The number of carbonyl (C=O) groups excluding carboxylic acids is 1. The first kappa shape index (κ1) is 19.0. The number of nitrogens with one attached hydrogen (secondary N) is 1. The maximum Gasteiger partial charge on any atom is 0.220 e. The smallest absolute Gasteiger partial charge is 0.220 e. The number of nitrogens with zero attached hydrogens (tertiary/aromatic N) is 1. The van der Waals surface area contributed by atoms with Crippen molar-refractivity contribution < 1.29 is 9.21 Å². The zero-order valence-corrected chi connectivity index (χ0v) is 16.2. The quantitative estimate of drug-likeness (QED) is 0.786. The van der Waals surface area contributed by atoms with Crippen LogP contribution in [0.3, 0.4) is 0 Å². The van der Waals surface area contributed by atoms with E-state index in [1.54, 1.807) is 0 Å². The van der Waals surface area contributed by atoms with Gasteiger partial charge in [0.1, 0.15) is 11.5 Å². The van der Waals surface area contributed by atoms with Crippen LogP contribution in [0.1, 0.15) is 64.4 Å². The lowest BCUT2D eigenvalue weighted by molar-refractivity contribution is -0.122. The van der Waals surface area contributed by atoms with Crippen LogP contribution in [0.2, 0.25) is 0 Å². The van der Waals surface area contributed by atoms with Crippen LogP contribution in [0, 0.1) is 11.3 Å². The third-order valence-corrected chi connectivity index (χ3v) is 5.00. The number of carbonyl (C=O) groups is 1. The molecule has 0 aliphatic heterocycles. The third kappa shape index (κ3) is 5.66. The Morgan fingerprint density at radius 3 is 2.58 bits per heavy atom. The summed E-state index contributed by atoms with van der Waals surface area (Å²) in [5.41, 5.74) is 0.0611. The van der Waals surface area contributed by atoms with Crippen LogP contribution in [-0.4, -0.2) is 37.5 Å². The fraction of sp³-hybridized carbons (Fsp3) is 0.750. The van der Waals surface area contributed by atoms with Gasteiger partial charge in [-0.05, 0) is 56.9 Å². The molecule has 3 atom stereocenters. The predicted octanol–water partition coefficient (Wildman–Crippen LogP) is 3.82. The zero-order chi connectivity index (χ0) is 17.9. The monoisotopic (exact) mass is 334 g/mol. The summed E-state index contributed by atoms with van der Waals surface area (Å²) in [4.78, 5) is 14.5. The first-order valence-electron chi connectivity index (χ1n) is 9.19. The fourth-order valence-corrected chi connectivity index (χ4v) is 3.06. The highest BCUT2D eigenvalue weighted by Gasteiger charge is 2.36. The lowest BCUT2D eigenvalue weighted by Crippen LogP contribution is -2.45. The fourth-order valence-electron chi connectivity index (χ4n) is 3.06. The summed E-state index contributed by atoms with van der Waals surface area (Å²) < 4.78 is 5.89. The van der Waals surface area contributed by atoms with E-state index in [-0.39, 0.29) is 17.4 Å². The lowest BCUT2D eigenvalue weighted by Gasteiger charge is -2.32. The Kier molecular flexibility index (Phi) is 6.13. The summed E-state index contributed by atoms with van der Waals surface area (Å²) >= 11 is 0. The number of amides is 1. The van der Waals surface area contributed by atoms with Crippen molar-refractivity contribution in [2.75, 3.05) is 20.6 Å². The van der Waals surface area contributed by atoms with Crippen molar-refractivity contribution >= 4 is 5.91 Å². The standard InChI is InChI=1S/C20H34N2O2/c1-14-13-16(14)17-9-7-15(24-17)8-10-19(23)21-18(20(2,3)4)11-12-22(5)6/h7,9,14,16,18H,8,10-13H2,1-6H3,(H,21,23)/t14-,16-,18-/m1/s1. The van der Waals surface area contributed by atoms with Gasteiger partial charge in [0.25, 0.3) is 0 Å². The largest absolute Gasteiger partial charge is 0.466 e. The van der Waals surface area contributed by atoms with Gasteiger partial charge >= 0.3 is 0 Å². The van der Waals surface area contributed by atoms with Gasteiger partial charge in [-0.1, -0.05) is 27.7 Å². The number of furan rings is 1. The van der Waals surface area contributed by atoms with Crippen molar-refractivity contribution in [2.45, 2.75) is 65.3 Å². The maximum absolute atomic E-state index is 12.4. The number of aryl methyl sites for hydroxylation is 1. The minimum absolute atomic E-state index is 0.0611. The molecular formula is C20H34N2O2. The van der Waals surface area contributed by atoms with Crippen molar-refractivity contribution in [2.24, 2.45) is 11.3 Å². The van der Waals surface area contributed by atoms with E-state index in [4.69, 9.17) is 4.42 Å². The second-order valence-electron chi connectivity index (χ2n) is 8.70. The summed E-state index contributed by atoms with van der Waals surface area (Å²) in [6, 6.07) is 4.30. The van der Waals surface area contributed by atoms with Crippen LogP contribution >= 0.6 is 0 Å². The van der Waals surface area contributed by atoms with E-state index in [0.29, 0.717) is 18.8 Å². The van der Waals surface area contributed by atoms with Gasteiger partial charge in [-0.3, -0.25) is 4.79 Å². The molecule has 136 valence electrons. The molecule has 4 nitrogen and oxygen atoms in total. The van der Waals surface area contributed by atoms with Gasteiger partial charge in [0.2, 0.25) is 5.91 Å². The molecule has 1 aliphatic rings. The summed E-state index contributed by atoms with van der Waals surface area (Å²) in [5.74, 6) is 3.49. The molecule has 1 fully saturated rings. The van der Waals surface area contributed by atoms with Crippen molar-refractivity contribution in [1.29, 1.82) is 0 Å². The number of hydrogen-bond acceptors (Lipinski definition) is 3. The molecular weight excluding hydrogens is 300 g/mol. The van der Waals surface area contributed by atoms with Crippen LogP contribution in [0.25, 0.3) is 0 Å². The SMILES string of the molecule is C[C@@H]1C[C@H]1c1ccc(CCC(=O)N[C@H](CCN(C)C)C(C)(C)C)o1. The van der Waals surface area contributed by atoms with Crippen molar-refractivity contribution in [3.05, 3.63) is 23.7 Å². The zero-order valence-electron chi connectivity index (χ0n) is 16.2. The number of hydrogen-bond donors (Lipinski definition) is 1. The highest BCUT2D eigenvalue weighted by atomic mass is 16.3. The summed E-state index contributed by atoms with van der Waals surface area (Å²) in [7, 11) is 4.13. The first-order chi connectivity index (χ1) is 11.2. The molecule has 0 radical (unpaired) electrons. The molecule has 0 unspecified atom stereocenters. The Morgan fingerprint density at radius 1 is 1.38 bits per heavy atom. The summed E-state index contributed by atoms with van der Waals surface area (Å²) in [6.07, 6.45) is 3.36. The average Bonchev–Trinajstić information content (AvgIpc) is 3.01. The first-order valence-corrected chi connectivity index (χ1v) is 9.19. The lowest BCUT2D eigenvalue weighted by atomic mass is 9.84. The van der Waals surface area contributed by atoms with Crippen molar-refractivity contribution in [1.82, 2.24) is 10.2 Å². The molecule has 0 aromatic carbocycles. The summed E-state index contributed by atoms with van der Waals surface area (Å²) in [6.45, 7) is 9.78. The van der Waals surface area contributed by atoms with E-state index in [9.17, 15) is 4.79 Å². The Bertz CT molecular complexity index is 542. The van der Waals surface area contributed by atoms with Gasteiger partial charge in [-0.2, -0.15) is 0 Å². The molecule has 0 saturated heterocycles. The van der Waals surface area contributed by atoms with Gasteiger partial charge < -0.3 is 14.6 Å². The highest BCUT2D eigenvalue weighted by Crippen LogP contribution is 2.47. The van der Waals surface area contributed by atoms with Crippen molar-refractivity contribution in [3.8, 4) is 0 Å². The molecule has 1 aromatic rings. The Morgan fingerprint density at radius 2 is 2.04 bits per heavy atom. The molecule has 1 aliphatic carbocycles. The third-order valence-electron chi connectivity index (χ3n) is 5.00. The van der Waals surface area contributed by atoms with Gasteiger partial charge in [-0.15, -0.1) is 0 Å². The van der Waals surface area contributed by atoms with Gasteiger partial charge in [0.15, 0.2) is 0 Å². The van der Waals surface area contributed by atoms with E-state index in [0.717, 1.165) is 30.4 Å². The van der Waals surface area contributed by atoms with Gasteiger partial charge in [0.05, 0.1) is 0 Å². The van der Waals surface area contributed by atoms with Crippen LogP contribution in [0.5, 0.6) is 0 Å². The normalized spacial score (nSPS) is 21.8. The molecule has 4 heteroatoms. The molecule has 24 heavy (non-hydrogen) atoms. The topological polar surface area (TPSA) is 45.5 Å². The van der Waals surface area contributed by atoms with E-state index in [1.807, 2.05) is 6.07 Å². The van der Waals surface area contributed by atoms with Crippen molar-refractivity contribution in [3.63, 3.8) is 0 Å². The Balaban J connectivity index is 1.80. The highest BCUT2D eigenvalue weighted by molar-refractivity contribution is 5.76. The Hall–Kier alpha value is -1.29. The van der Waals surface area contributed by atoms with Crippen LogP contribution in [0.15, 0.2) is 16.5 Å². The number of rotatable bonds is 8. The Labute approximate surface area is 147 Å². The summed E-state index contributed by atoms with van der Waals surface area (Å²) in [5, 5.41) is 3.22. The molecule has 0 spiro atoms. The van der Waals surface area contributed by atoms with Gasteiger partial charge in [0, 0.05) is 24.8 Å². The molecule has 1 saturated carbocycles. The van der Waals surface area contributed by atoms with E-state index >= 15 is 0 Å². The van der Waals surface area contributed by atoms with E-state index < -0.39 is 0 Å². The molecule has 0 bridgehead atoms. The minimum Gasteiger partial charge on any atom is -0.466 e. The molecule has 1 amide bonds. The van der Waals surface area contributed by atoms with Gasteiger partial charge in [-0.25, -0.2) is 0 Å².